The van der Waals surface area contributed by atoms with Crippen LogP contribution in [0.2, 0.25) is 0 Å². The van der Waals surface area contributed by atoms with Gasteiger partial charge in [0.15, 0.2) is 0 Å². The molecule has 2 N–H and O–H groups in total. The van der Waals surface area contributed by atoms with Crippen molar-refractivity contribution in [2.24, 2.45) is 0 Å². The largest absolute Gasteiger partial charge is 0.342 e. The van der Waals surface area contributed by atoms with Gasteiger partial charge in [-0.15, -0.1) is 0 Å². The molecule has 0 aliphatic heterocycles. The van der Waals surface area contributed by atoms with E-state index in [1.165, 1.54) is 12.1 Å². The molecule has 0 spiro atoms. The Morgan fingerprint density at radius 3 is 2.95 bits per heavy atom. The number of benzene rings is 1. The highest BCUT2D eigenvalue weighted by molar-refractivity contribution is 5.58. The van der Waals surface area contributed by atoms with Crippen molar-refractivity contribution in [2.45, 2.75) is 26.2 Å². The fraction of sp³-hybridized carbons (Fsp3) is 0.250. The zero-order chi connectivity index (χ0) is 14.7. The third-order valence-electron chi connectivity index (χ3n) is 3.39. The van der Waals surface area contributed by atoms with E-state index in [1.54, 1.807) is 12.3 Å². The number of nitrogens with one attached hydrogen (secondary N) is 2. The summed E-state index contributed by atoms with van der Waals surface area (Å²) in [5.74, 6) is 0.579. The second-order valence-corrected chi connectivity index (χ2v) is 5.08. The van der Waals surface area contributed by atoms with Crippen LogP contribution in [0.25, 0.3) is 11.4 Å². The van der Waals surface area contributed by atoms with Crippen molar-refractivity contribution in [1.82, 2.24) is 20.2 Å². The van der Waals surface area contributed by atoms with E-state index in [0.29, 0.717) is 6.42 Å². The van der Waals surface area contributed by atoms with Crippen molar-refractivity contribution < 1.29 is 4.39 Å². The van der Waals surface area contributed by atoms with E-state index in [2.05, 4.69) is 27.1 Å². The summed E-state index contributed by atoms with van der Waals surface area (Å²) in [6, 6.07) is 6.60. The van der Waals surface area contributed by atoms with Crippen molar-refractivity contribution in [3.63, 3.8) is 0 Å². The van der Waals surface area contributed by atoms with E-state index in [4.69, 9.17) is 0 Å². The van der Waals surface area contributed by atoms with Crippen molar-refractivity contribution in [3.8, 4) is 11.4 Å². The van der Waals surface area contributed by atoms with Gasteiger partial charge in [-0.25, -0.2) is 9.37 Å². The smallest absolute Gasteiger partial charge is 0.140 e. The first kappa shape index (κ1) is 13.5. The van der Waals surface area contributed by atoms with Gasteiger partial charge in [0.05, 0.1) is 17.5 Å². The molecule has 0 aliphatic carbocycles. The Bertz CT molecular complexity index is 729. The standard InChI is InChI=1S/C16H17FN4/c1-2-4-13-9-18-16(20-13)14-10-19-21-15(14)8-11-5-3-6-12(17)7-11/h3,5-7,9-10H,2,4,8H2,1H3,(H,18,20)(H,19,21). The van der Waals surface area contributed by atoms with Crippen LogP contribution >= 0.6 is 0 Å². The summed E-state index contributed by atoms with van der Waals surface area (Å²) >= 11 is 0. The van der Waals surface area contributed by atoms with Crippen molar-refractivity contribution in [3.05, 3.63) is 59.4 Å². The molecule has 0 radical (unpaired) electrons. The van der Waals surface area contributed by atoms with Gasteiger partial charge in [0, 0.05) is 18.3 Å². The summed E-state index contributed by atoms with van der Waals surface area (Å²) in [6.07, 6.45) is 6.26. The first-order valence-electron chi connectivity index (χ1n) is 7.07. The molecule has 3 aromatic rings. The minimum Gasteiger partial charge on any atom is -0.342 e. The highest BCUT2D eigenvalue weighted by Gasteiger charge is 2.12. The number of rotatable bonds is 5. The molecule has 4 nitrogen and oxygen atoms in total. The highest BCUT2D eigenvalue weighted by Crippen LogP contribution is 2.22. The van der Waals surface area contributed by atoms with Gasteiger partial charge >= 0.3 is 0 Å². The van der Waals surface area contributed by atoms with Crippen LogP contribution in [0.4, 0.5) is 4.39 Å². The van der Waals surface area contributed by atoms with E-state index in [0.717, 1.165) is 41.2 Å². The van der Waals surface area contributed by atoms with Gasteiger partial charge in [0.2, 0.25) is 0 Å². The van der Waals surface area contributed by atoms with Gasteiger partial charge in [0.25, 0.3) is 0 Å². The van der Waals surface area contributed by atoms with E-state index in [9.17, 15) is 4.39 Å². The zero-order valence-corrected chi connectivity index (χ0v) is 11.9. The number of imidazole rings is 1. The average molecular weight is 284 g/mol. The van der Waals surface area contributed by atoms with Crippen LogP contribution in [0, 0.1) is 5.82 Å². The van der Waals surface area contributed by atoms with Crippen LogP contribution in [0.1, 0.15) is 30.3 Å². The van der Waals surface area contributed by atoms with E-state index in [1.807, 2.05) is 12.3 Å². The Labute approximate surface area is 122 Å². The Kier molecular flexibility index (Phi) is 3.81. The predicted molar refractivity (Wildman–Crippen MR) is 79.4 cm³/mol. The molecule has 0 bridgehead atoms. The quantitative estimate of drug-likeness (QED) is 0.753. The van der Waals surface area contributed by atoms with Gasteiger partial charge in [-0.3, -0.25) is 5.10 Å². The van der Waals surface area contributed by atoms with Crippen molar-refractivity contribution >= 4 is 0 Å². The summed E-state index contributed by atoms with van der Waals surface area (Å²) < 4.78 is 13.3. The molecule has 0 amide bonds. The lowest BCUT2D eigenvalue weighted by Crippen LogP contribution is -1.93. The highest BCUT2D eigenvalue weighted by atomic mass is 19.1. The lowest BCUT2D eigenvalue weighted by molar-refractivity contribution is 0.626. The number of H-pyrrole nitrogens is 2. The molecule has 3 rings (SSSR count). The normalized spacial score (nSPS) is 11.0. The number of halogens is 1. The van der Waals surface area contributed by atoms with Gasteiger partial charge in [-0.05, 0) is 24.1 Å². The molecule has 0 saturated carbocycles. The van der Waals surface area contributed by atoms with E-state index in [-0.39, 0.29) is 5.82 Å². The van der Waals surface area contributed by atoms with Gasteiger partial charge in [-0.1, -0.05) is 25.5 Å². The molecule has 0 fully saturated rings. The molecule has 0 aliphatic rings. The van der Waals surface area contributed by atoms with Crippen LogP contribution in [-0.2, 0) is 12.8 Å². The molecule has 0 saturated heterocycles. The molecule has 21 heavy (non-hydrogen) atoms. The molecule has 5 heteroatoms. The number of aryl methyl sites for hydroxylation is 1. The van der Waals surface area contributed by atoms with Crippen LogP contribution in [0.3, 0.4) is 0 Å². The first-order valence-corrected chi connectivity index (χ1v) is 7.07. The zero-order valence-electron chi connectivity index (χ0n) is 11.9. The summed E-state index contributed by atoms with van der Waals surface area (Å²) in [7, 11) is 0. The lowest BCUT2D eigenvalue weighted by atomic mass is 10.1. The number of aromatic amines is 2. The number of hydrogen-bond acceptors (Lipinski definition) is 2. The SMILES string of the molecule is CCCc1cnc(-c2cn[nH]c2Cc2cccc(F)c2)[nH]1. The Balaban J connectivity index is 1.86. The van der Waals surface area contributed by atoms with Crippen LogP contribution in [0.5, 0.6) is 0 Å². The Morgan fingerprint density at radius 2 is 2.14 bits per heavy atom. The summed E-state index contributed by atoms with van der Waals surface area (Å²) in [5.41, 5.74) is 3.88. The second-order valence-electron chi connectivity index (χ2n) is 5.08. The Hall–Kier alpha value is -2.43. The van der Waals surface area contributed by atoms with Gasteiger partial charge < -0.3 is 4.98 Å². The minimum atomic E-state index is -0.225. The molecule has 2 heterocycles. The predicted octanol–water partition coefficient (Wildman–Crippen LogP) is 3.48. The lowest BCUT2D eigenvalue weighted by Gasteiger charge is -2.02. The summed E-state index contributed by atoms with van der Waals surface area (Å²) in [6.45, 7) is 2.13. The van der Waals surface area contributed by atoms with Crippen molar-refractivity contribution in [1.29, 1.82) is 0 Å². The summed E-state index contributed by atoms with van der Waals surface area (Å²) in [5, 5.41) is 7.07. The molecule has 0 atom stereocenters. The molecule has 1 aromatic carbocycles. The summed E-state index contributed by atoms with van der Waals surface area (Å²) in [4.78, 5) is 7.72. The van der Waals surface area contributed by atoms with Gasteiger partial charge in [0.1, 0.15) is 11.6 Å². The Morgan fingerprint density at radius 1 is 1.24 bits per heavy atom. The van der Waals surface area contributed by atoms with Gasteiger partial charge in [-0.2, -0.15) is 5.10 Å². The maximum absolute atomic E-state index is 13.3. The fourth-order valence-electron chi connectivity index (χ4n) is 2.40. The third-order valence-corrected chi connectivity index (χ3v) is 3.39. The third kappa shape index (κ3) is 3.02. The molecular weight excluding hydrogens is 267 g/mol. The molecule has 108 valence electrons. The maximum Gasteiger partial charge on any atom is 0.140 e. The minimum absolute atomic E-state index is 0.225. The van der Waals surface area contributed by atoms with E-state index >= 15 is 0 Å². The number of hydrogen-bond donors (Lipinski definition) is 2. The monoisotopic (exact) mass is 284 g/mol. The van der Waals surface area contributed by atoms with Crippen molar-refractivity contribution in [2.75, 3.05) is 0 Å². The number of nitrogens with zero attached hydrogens (tertiary/aromatic N) is 2. The van der Waals surface area contributed by atoms with Crippen LogP contribution < -0.4 is 0 Å². The molecular formula is C16H17FN4. The van der Waals surface area contributed by atoms with Crippen LogP contribution in [0.15, 0.2) is 36.7 Å². The molecule has 0 unspecified atom stereocenters. The molecule has 2 aromatic heterocycles. The fourth-order valence-corrected chi connectivity index (χ4v) is 2.40. The number of aromatic nitrogens is 4. The first-order chi connectivity index (χ1) is 10.3. The maximum atomic E-state index is 13.3. The van der Waals surface area contributed by atoms with E-state index < -0.39 is 0 Å². The van der Waals surface area contributed by atoms with Crippen LogP contribution in [-0.4, -0.2) is 20.2 Å². The average Bonchev–Trinajstić information content (AvgIpc) is 3.08. The topological polar surface area (TPSA) is 57.4 Å². The second kappa shape index (κ2) is 5.91.